The molecule has 23 heavy (non-hydrogen) atoms. The van der Waals surface area contributed by atoms with Gasteiger partial charge in [-0.25, -0.2) is 0 Å². The summed E-state index contributed by atoms with van der Waals surface area (Å²) in [7, 11) is -3.69. The zero-order valence-electron chi connectivity index (χ0n) is 13.4. The van der Waals surface area contributed by atoms with Gasteiger partial charge in [0.05, 0.1) is 11.5 Å². The standard InChI is InChI=1S/C17H23NO4S/c1-13-2-6-16(7-3-13)23(20,21)22-12-14-8-10-18(11-9-14)17(19)15-4-5-15/h2-3,6-7,14-15H,4-5,8-12H2,1H3. The molecule has 1 aliphatic carbocycles. The van der Waals surface area contributed by atoms with Crippen molar-refractivity contribution in [3.05, 3.63) is 29.8 Å². The van der Waals surface area contributed by atoms with Crippen LogP contribution in [0.1, 0.15) is 31.2 Å². The number of rotatable bonds is 5. The zero-order chi connectivity index (χ0) is 16.4. The summed E-state index contributed by atoms with van der Waals surface area (Å²) in [6.45, 7) is 3.54. The third-order valence-electron chi connectivity index (χ3n) is 4.62. The number of hydrogen-bond acceptors (Lipinski definition) is 4. The smallest absolute Gasteiger partial charge is 0.296 e. The first-order valence-corrected chi connectivity index (χ1v) is 9.61. The number of carbonyl (C=O) groups excluding carboxylic acids is 1. The van der Waals surface area contributed by atoms with Crippen molar-refractivity contribution in [2.45, 2.75) is 37.5 Å². The highest BCUT2D eigenvalue weighted by Crippen LogP contribution is 2.32. The van der Waals surface area contributed by atoms with Gasteiger partial charge >= 0.3 is 0 Å². The van der Waals surface area contributed by atoms with Gasteiger partial charge in [-0.3, -0.25) is 8.98 Å². The second-order valence-corrected chi connectivity index (χ2v) is 8.21. The molecule has 1 heterocycles. The van der Waals surface area contributed by atoms with Crippen molar-refractivity contribution in [2.24, 2.45) is 11.8 Å². The molecule has 5 nitrogen and oxygen atoms in total. The van der Waals surface area contributed by atoms with Crippen LogP contribution in [0.15, 0.2) is 29.2 Å². The Hall–Kier alpha value is -1.40. The van der Waals surface area contributed by atoms with Crippen LogP contribution in [0.3, 0.4) is 0 Å². The largest absolute Gasteiger partial charge is 0.342 e. The summed E-state index contributed by atoms with van der Waals surface area (Å²) >= 11 is 0. The number of nitrogens with zero attached hydrogens (tertiary/aromatic N) is 1. The Bertz CT molecular complexity index is 656. The predicted molar refractivity (Wildman–Crippen MR) is 86.3 cm³/mol. The van der Waals surface area contributed by atoms with Crippen molar-refractivity contribution >= 4 is 16.0 Å². The highest BCUT2D eigenvalue weighted by Gasteiger charge is 2.35. The average molecular weight is 337 g/mol. The number of likely N-dealkylation sites (tertiary alicyclic amines) is 1. The van der Waals surface area contributed by atoms with Gasteiger partial charge in [-0.15, -0.1) is 0 Å². The minimum absolute atomic E-state index is 0.193. The molecule has 0 radical (unpaired) electrons. The third-order valence-corrected chi connectivity index (χ3v) is 5.92. The SMILES string of the molecule is Cc1ccc(S(=O)(=O)OCC2CCN(C(=O)C3CC3)CC2)cc1. The normalized spacial score (nSPS) is 19.8. The summed E-state index contributed by atoms with van der Waals surface area (Å²) in [5.41, 5.74) is 1.01. The van der Waals surface area contributed by atoms with Gasteiger partial charge in [0, 0.05) is 19.0 Å². The Morgan fingerprint density at radius 3 is 2.30 bits per heavy atom. The van der Waals surface area contributed by atoms with Crippen molar-refractivity contribution in [1.82, 2.24) is 4.90 Å². The van der Waals surface area contributed by atoms with Crippen LogP contribution >= 0.6 is 0 Å². The number of benzene rings is 1. The fourth-order valence-corrected chi connectivity index (χ4v) is 3.84. The molecule has 0 spiro atoms. The molecule has 0 unspecified atom stereocenters. The summed E-state index contributed by atoms with van der Waals surface area (Å²) in [5, 5.41) is 0. The van der Waals surface area contributed by atoms with Crippen molar-refractivity contribution in [3.8, 4) is 0 Å². The van der Waals surface area contributed by atoms with E-state index in [4.69, 9.17) is 4.18 Å². The molecule has 1 amide bonds. The number of piperidine rings is 1. The molecule has 2 fully saturated rings. The topological polar surface area (TPSA) is 63.7 Å². The van der Waals surface area contributed by atoms with E-state index in [0.29, 0.717) is 13.1 Å². The van der Waals surface area contributed by atoms with Crippen LogP contribution in [-0.2, 0) is 19.1 Å². The summed E-state index contributed by atoms with van der Waals surface area (Å²) in [5.74, 6) is 0.722. The summed E-state index contributed by atoms with van der Waals surface area (Å²) < 4.78 is 29.6. The van der Waals surface area contributed by atoms with E-state index in [1.165, 1.54) is 0 Å². The highest BCUT2D eigenvalue weighted by molar-refractivity contribution is 7.86. The molecule has 0 bridgehead atoms. The maximum atomic E-state index is 12.2. The minimum Gasteiger partial charge on any atom is -0.342 e. The molecule has 0 atom stereocenters. The van der Waals surface area contributed by atoms with E-state index in [1.54, 1.807) is 24.3 Å². The molecule has 1 aromatic carbocycles. The Kier molecular flexibility index (Phi) is 4.73. The van der Waals surface area contributed by atoms with Crippen LogP contribution in [0, 0.1) is 18.8 Å². The number of carbonyl (C=O) groups is 1. The Labute approximate surface area is 137 Å². The van der Waals surface area contributed by atoms with Gasteiger partial charge in [-0.2, -0.15) is 8.42 Å². The van der Waals surface area contributed by atoms with Crippen LogP contribution in [-0.4, -0.2) is 38.9 Å². The maximum absolute atomic E-state index is 12.2. The van der Waals surface area contributed by atoms with E-state index >= 15 is 0 Å². The lowest BCUT2D eigenvalue weighted by Crippen LogP contribution is -2.40. The third kappa shape index (κ3) is 4.12. The van der Waals surface area contributed by atoms with E-state index in [2.05, 4.69) is 0 Å². The first kappa shape index (κ1) is 16.5. The van der Waals surface area contributed by atoms with Gasteiger partial charge in [0.1, 0.15) is 0 Å². The Morgan fingerprint density at radius 1 is 1.13 bits per heavy atom. The van der Waals surface area contributed by atoms with Crippen LogP contribution < -0.4 is 0 Å². The molecule has 0 aromatic heterocycles. The second-order valence-electron chi connectivity index (χ2n) is 6.59. The first-order valence-electron chi connectivity index (χ1n) is 8.20. The summed E-state index contributed by atoms with van der Waals surface area (Å²) in [6, 6.07) is 6.67. The van der Waals surface area contributed by atoms with Crippen molar-refractivity contribution < 1.29 is 17.4 Å². The van der Waals surface area contributed by atoms with Gasteiger partial charge in [-0.05, 0) is 50.7 Å². The van der Waals surface area contributed by atoms with Crippen molar-refractivity contribution in [2.75, 3.05) is 19.7 Å². The van der Waals surface area contributed by atoms with Crippen molar-refractivity contribution in [3.63, 3.8) is 0 Å². The zero-order valence-corrected chi connectivity index (χ0v) is 14.2. The van der Waals surface area contributed by atoms with E-state index in [9.17, 15) is 13.2 Å². The lowest BCUT2D eigenvalue weighted by molar-refractivity contribution is -0.134. The Balaban J connectivity index is 1.49. The lowest BCUT2D eigenvalue weighted by Gasteiger charge is -2.31. The van der Waals surface area contributed by atoms with E-state index in [0.717, 1.165) is 31.2 Å². The average Bonchev–Trinajstić information content (AvgIpc) is 3.38. The minimum atomic E-state index is -3.69. The first-order chi connectivity index (χ1) is 11.0. The van der Waals surface area contributed by atoms with Crippen LogP contribution in [0.4, 0.5) is 0 Å². The molecule has 3 rings (SSSR count). The molecule has 6 heteroatoms. The van der Waals surface area contributed by atoms with Crippen LogP contribution in [0.2, 0.25) is 0 Å². The molecule has 1 saturated carbocycles. The van der Waals surface area contributed by atoms with Gasteiger partial charge in [0.25, 0.3) is 10.1 Å². The molecule has 2 aliphatic rings. The number of hydrogen-bond donors (Lipinski definition) is 0. The van der Waals surface area contributed by atoms with E-state index < -0.39 is 10.1 Å². The van der Waals surface area contributed by atoms with Crippen LogP contribution in [0.25, 0.3) is 0 Å². The molecule has 1 aromatic rings. The maximum Gasteiger partial charge on any atom is 0.296 e. The number of aryl methyl sites for hydroxylation is 1. The molecule has 126 valence electrons. The van der Waals surface area contributed by atoms with Gasteiger partial charge in [-0.1, -0.05) is 17.7 Å². The van der Waals surface area contributed by atoms with Gasteiger partial charge in [0.15, 0.2) is 0 Å². The van der Waals surface area contributed by atoms with E-state index in [1.807, 2.05) is 11.8 Å². The molecular weight excluding hydrogens is 314 g/mol. The Morgan fingerprint density at radius 2 is 1.74 bits per heavy atom. The molecule has 1 aliphatic heterocycles. The van der Waals surface area contributed by atoms with Crippen LogP contribution in [0.5, 0.6) is 0 Å². The quantitative estimate of drug-likeness (QED) is 0.774. The predicted octanol–water partition coefficient (Wildman–Crippen LogP) is 2.35. The number of amides is 1. The highest BCUT2D eigenvalue weighted by atomic mass is 32.2. The fraction of sp³-hybridized carbons (Fsp3) is 0.588. The lowest BCUT2D eigenvalue weighted by atomic mass is 9.97. The van der Waals surface area contributed by atoms with Crippen molar-refractivity contribution in [1.29, 1.82) is 0 Å². The fourth-order valence-electron chi connectivity index (χ4n) is 2.87. The van der Waals surface area contributed by atoms with E-state index in [-0.39, 0.29) is 29.2 Å². The monoisotopic (exact) mass is 337 g/mol. The van der Waals surface area contributed by atoms with Gasteiger partial charge in [0.2, 0.25) is 5.91 Å². The summed E-state index contributed by atoms with van der Waals surface area (Å²) in [4.78, 5) is 14.1. The summed E-state index contributed by atoms with van der Waals surface area (Å²) in [6.07, 6.45) is 3.66. The molecular formula is C17H23NO4S. The second kappa shape index (κ2) is 6.61. The molecule has 0 N–H and O–H groups in total. The molecule has 1 saturated heterocycles. The van der Waals surface area contributed by atoms with Gasteiger partial charge < -0.3 is 4.90 Å².